The summed E-state index contributed by atoms with van der Waals surface area (Å²) in [5.74, 6) is 0.126. The molecule has 0 unspecified atom stereocenters. The quantitative estimate of drug-likeness (QED) is 0.400. The number of benzene rings is 1. The number of carbonyl (C=O) groups excluding carboxylic acids is 2. The Morgan fingerprint density at radius 1 is 1.25 bits per heavy atom. The van der Waals surface area contributed by atoms with Gasteiger partial charge in [-0.3, -0.25) is 9.59 Å². The Bertz CT molecular complexity index is 899. The van der Waals surface area contributed by atoms with E-state index in [4.69, 9.17) is 0 Å². The molecule has 0 radical (unpaired) electrons. The molecule has 1 amide bonds. The Morgan fingerprint density at radius 2 is 1.93 bits per heavy atom. The molecule has 146 valence electrons. The van der Waals surface area contributed by atoms with E-state index in [-0.39, 0.29) is 11.7 Å². The molecule has 0 aliphatic heterocycles. The van der Waals surface area contributed by atoms with Crippen molar-refractivity contribution in [3.63, 3.8) is 0 Å². The number of hydrogen-bond acceptors (Lipinski definition) is 5. The fraction of sp³-hybridized carbons (Fsp3) is 0.300. The van der Waals surface area contributed by atoms with Crippen LogP contribution in [0.25, 0.3) is 5.69 Å². The highest BCUT2D eigenvalue weighted by atomic mass is 16.2. The number of ketones is 1. The van der Waals surface area contributed by atoms with Crippen LogP contribution in [0.2, 0.25) is 0 Å². The molecule has 0 spiro atoms. The molecule has 28 heavy (non-hydrogen) atoms. The third-order valence-electron chi connectivity index (χ3n) is 4.11. The zero-order chi connectivity index (χ0) is 20.5. The zero-order valence-corrected chi connectivity index (χ0v) is 16.4. The molecule has 0 N–H and O–H groups in total. The van der Waals surface area contributed by atoms with E-state index >= 15 is 0 Å². The second-order valence-corrected chi connectivity index (χ2v) is 5.89. The van der Waals surface area contributed by atoms with Gasteiger partial charge in [-0.25, -0.2) is 9.98 Å². The van der Waals surface area contributed by atoms with Crippen LogP contribution < -0.4 is 0 Å². The number of aromatic nitrogens is 3. The van der Waals surface area contributed by atoms with Gasteiger partial charge in [0.25, 0.3) is 5.91 Å². The minimum Gasteiger partial charge on any atom is -0.338 e. The number of allylic oxidation sites excluding steroid dienone is 2. The maximum absolute atomic E-state index is 13.1. The number of rotatable bonds is 8. The van der Waals surface area contributed by atoms with Gasteiger partial charge in [-0.05, 0) is 32.7 Å². The normalized spacial score (nSPS) is 12.0. The van der Waals surface area contributed by atoms with Crippen LogP contribution in [0.3, 0.4) is 0 Å². The molecule has 1 heterocycles. The fourth-order valence-electron chi connectivity index (χ4n) is 2.63. The highest BCUT2D eigenvalue weighted by Crippen LogP contribution is 2.15. The largest absolute Gasteiger partial charge is 0.338 e. The molecule has 0 atom stereocenters. The van der Waals surface area contributed by atoms with Crippen molar-refractivity contribution < 1.29 is 9.59 Å². The van der Waals surface area contributed by atoms with E-state index in [1.54, 1.807) is 48.5 Å². The molecular formula is C20H24N6O2. The maximum Gasteiger partial charge on any atom is 0.256 e. The molecule has 0 fully saturated rings. The maximum atomic E-state index is 13.1. The van der Waals surface area contributed by atoms with Crippen molar-refractivity contribution in [1.29, 1.82) is 0 Å². The van der Waals surface area contributed by atoms with Crippen LogP contribution in [0.4, 0.5) is 0 Å². The van der Waals surface area contributed by atoms with Crippen LogP contribution in [0.5, 0.6) is 0 Å². The van der Waals surface area contributed by atoms with E-state index in [0.717, 1.165) is 0 Å². The number of nitrogens with zero attached hydrogens (tertiary/aromatic N) is 6. The van der Waals surface area contributed by atoms with E-state index in [0.29, 0.717) is 42.3 Å². The van der Waals surface area contributed by atoms with Gasteiger partial charge in [-0.1, -0.05) is 18.2 Å². The van der Waals surface area contributed by atoms with Gasteiger partial charge in [0.15, 0.2) is 5.78 Å². The molecule has 8 heteroatoms. The fourth-order valence-corrected chi connectivity index (χ4v) is 2.63. The van der Waals surface area contributed by atoms with Crippen molar-refractivity contribution >= 4 is 24.2 Å². The van der Waals surface area contributed by atoms with Gasteiger partial charge in [-0.2, -0.15) is 15.0 Å². The van der Waals surface area contributed by atoms with E-state index in [2.05, 4.69) is 26.9 Å². The average Bonchev–Trinajstić information content (AvgIpc) is 3.25. The monoisotopic (exact) mass is 380 g/mol. The average molecular weight is 380 g/mol. The summed E-state index contributed by atoms with van der Waals surface area (Å²) in [4.78, 5) is 35.9. The van der Waals surface area contributed by atoms with Crippen LogP contribution in [0, 0.1) is 0 Å². The molecule has 1 aromatic heterocycles. The van der Waals surface area contributed by atoms with E-state index in [1.807, 2.05) is 13.0 Å². The first-order valence-electron chi connectivity index (χ1n) is 8.98. The molecular weight excluding hydrogens is 356 g/mol. The third kappa shape index (κ3) is 5.06. The van der Waals surface area contributed by atoms with Crippen molar-refractivity contribution in [3.8, 4) is 5.69 Å². The SMILES string of the molecule is C=NC(CCN(CC)C(=O)c1ccccc1-n1nccn1)=N/C(=C\C)C(C)=O. The summed E-state index contributed by atoms with van der Waals surface area (Å²) < 4.78 is 0. The van der Waals surface area contributed by atoms with Gasteiger partial charge in [0.2, 0.25) is 0 Å². The number of aliphatic imine (C=N–C) groups is 2. The summed E-state index contributed by atoms with van der Waals surface area (Å²) in [7, 11) is 0. The summed E-state index contributed by atoms with van der Waals surface area (Å²) in [5, 5.41) is 8.23. The lowest BCUT2D eigenvalue weighted by Crippen LogP contribution is -2.33. The smallest absolute Gasteiger partial charge is 0.256 e. The lowest BCUT2D eigenvalue weighted by Gasteiger charge is -2.22. The first-order chi connectivity index (χ1) is 13.5. The molecule has 0 saturated heterocycles. The molecule has 0 saturated carbocycles. The van der Waals surface area contributed by atoms with Gasteiger partial charge in [0, 0.05) is 26.4 Å². The Balaban J connectivity index is 2.20. The number of para-hydroxylation sites is 1. The van der Waals surface area contributed by atoms with Gasteiger partial charge in [0.05, 0.1) is 23.6 Å². The molecule has 2 aromatic rings. The Labute approximate surface area is 164 Å². The Hall–Kier alpha value is -3.42. The standard InChI is InChI=1S/C20H24N6O2/c1-5-17(15(3)27)24-19(21-4)11-14-25(6-2)20(28)16-9-7-8-10-18(16)26-22-12-13-23-26/h5,7-10,12-13H,4,6,11,14H2,1-3H3/b17-5-,24-19?. The number of carbonyl (C=O) groups is 2. The second-order valence-electron chi connectivity index (χ2n) is 5.89. The summed E-state index contributed by atoms with van der Waals surface area (Å²) in [5.41, 5.74) is 1.44. The van der Waals surface area contributed by atoms with Gasteiger partial charge in [-0.15, -0.1) is 0 Å². The van der Waals surface area contributed by atoms with Crippen LogP contribution in [-0.4, -0.2) is 57.2 Å². The summed E-state index contributed by atoms with van der Waals surface area (Å²) >= 11 is 0. The number of Topliss-reactive ketones (excluding diaryl/α,β-unsaturated/α-hetero) is 1. The molecule has 0 aliphatic rings. The second kappa shape index (κ2) is 10.1. The van der Waals surface area contributed by atoms with Crippen LogP contribution >= 0.6 is 0 Å². The van der Waals surface area contributed by atoms with Crippen LogP contribution in [0.15, 0.2) is 58.4 Å². The lowest BCUT2D eigenvalue weighted by molar-refractivity contribution is -0.113. The number of hydrogen-bond donors (Lipinski definition) is 0. The third-order valence-corrected chi connectivity index (χ3v) is 4.11. The van der Waals surface area contributed by atoms with Crippen molar-refractivity contribution in [2.45, 2.75) is 27.2 Å². The van der Waals surface area contributed by atoms with E-state index < -0.39 is 0 Å². The lowest BCUT2D eigenvalue weighted by atomic mass is 10.1. The van der Waals surface area contributed by atoms with Crippen LogP contribution in [-0.2, 0) is 4.79 Å². The van der Waals surface area contributed by atoms with E-state index in [9.17, 15) is 9.59 Å². The molecule has 8 nitrogen and oxygen atoms in total. The Kier molecular flexibility index (Phi) is 7.50. The van der Waals surface area contributed by atoms with Crippen molar-refractivity contribution in [2.24, 2.45) is 9.98 Å². The number of amides is 1. The van der Waals surface area contributed by atoms with Gasteiger partial charge >= 0.3 is 0 Å². The minimum atomic E-state index is -0.146. The highest BCUT2D eigenvalue weighted by molar-refractivity contribution is 5.99. The zero-order valence-electron chi connectivity index (χ0n) is 16.4. The first kappa shape index (κ1) is 20.9. The highest BCUT2D eigenvalue weighted by Gasteiger charge is 2.19. The van der Waals surface area contributed by atoms with Crippen molar-refractivity contribution in [1.82, 2.24) is 19.9 Å². The van der Waals surface area contributed by atoms with Gasteiger partial charge in [0.1, 0.15) is 11.5 Å². The molecule has 0 bridgehead atoms. The van der Waals surface area contributed by atoms with Crippen molar-refractivity contribution in [3.05, 3.63) is 54.0 Å². The van der Waals surface area contributed by atoms with Gasteiger partial charge < -0.3 is 4.90 Å². The topological polar surface area (TPSA) is 92.8 Å². The number of amidine groups is 1. The molecule has 2 rings (SSSR count). The summed E-state index contributed by atoms with van der Waals surface area (Å²) in [6.07, 6.45) is 5.13. The minimum absolute atomic E-state index is 0.142. The predicted molar refractivity (Wildman–Crippen MR) is 109 cm³/mol. The van der Waals surface area contributed by atoms with E-state index in [1.165, 1.54) is 11.7 Å². The Morgan fingerprint density at radius 3 is 2.50 bits per heavy atom. The summed E-state index contributed by atoms with van der Waals surface area (Å²) in [6, 6.07) is 7.18. The van der Waals surface area contributed by atoms with Crippen molar-refractivity contribution in [2.75, 3.05) is 13.1 Å². The molecule has 0 aliphatic carbocycles. The van der Waals surface area contributed by atoms with Crippen LogP contribution in [0.1, 0.15) is 37.6 Å². The molecule has 1 aromatic carbocycles. The predicted octanol–water partition coefficient (Wildman–Crippen LogP) is 2.71. The first-order valence-corrected chi connectivity index (χ1v) is 8.98. The summed E-state index contributed by atoms with van der Waals surface area (Å²) in [6.45, 7) is 9.50.